The molecular weight excluding hydrogens is 390 g/mol. The van der Waals surface area contributed by atoms with Crippen LogP contribution >= 0.6 is 23.1 Å². The van der Waals surface area contributed by atoms with Crippen LogP contribution in [0.25, 0.3) is 10.7 Å². The lowest BCUT2D eigenvalue weighted by molar-refractivity contribution is 0.0697. The van der Waals surface area contributed by atoms with Gasteiger partial charge in [-0.05, 0) is 55.5 Å². The number of carbonyl (C=O) groups is 1. The smallest absolute Gasteiger partial charge is 0.335 e. The summed E-state index contributed by atoms with van der Waals surface area (Å²) in [7, 11) is 0. The summed E-state index contributed by atoms with van der Waals surface area (Å²) in [6, 6.07) is 10.8. The van der Waals surface area contributed by atoms with Crippen LogP contribution in [0, 0.1) is 0 Å². The summed E-state index contributed by atoms with van der Waals surface area (Å²) in [6.07, 6.45) is 5.33. The molecule has 0 aliphatic rings. The number of hydrogen-bond acceptors (Lipinski definition) is 6. The highest BCUT2D eigenvalue weighted by molar-refractivity contribution is 8.00. The molecule has 0 bridgehead atoms. The normalized spacial score (nSPS) is 10.6. The number of carboxylic acid groups (broad SMARTS) is 1. The van der Waals surface area contributed by atoms with Crippen molar-refractivity contribution in [1.29, 1.82) is 0 Å². The van der Waals surface area contributed by atoms with Crippen LogP contribution in [0.5, 0.6) is 0 Å². The topological polar surface area (TPSA) is 75.1 Å². The summed E-state index contributed by atoms with van der Waals surface area (Å²) in [5.41, 5.74) is 3.01. The van der Waals surface area contributed by atoms with Crippen LogP contribution in [0.4, 0.5) is 11.5 Å². The Bertz CT molecular complexity index is 997. The number of thioether (sulfide) groups is 1. The zero-order valence-electron chi connectivity index (χ0n) is 15.7. The number of benzene rings is 1. The van der Waals surface area contributed by atoms with E-state index in [9.17, 15) is 4.79 Å². The van der Waals surface area contributed by atoms with E-state index in [1.165, 1.54) is 4.21 Å². The third kappa shape index (κ3) is 4.43. The van der Waals surface area contributed by atoms with E-state index in [4.69, 9.17) is 15.1 Å². The van der Waals surface area contributed by atoms with Crippen molar-refractivity contribution in [3.8, 4) is 10.7 Å². The predicted octanol–water partition coefficient (Wildman–Crippen LogP) is 5.66. The van der Waals surface area contributed by atoms with Crippen molar-refractivity contribution >= 4 is 40.6 Å². The summed E-state index contributed by atoms with van der Waals surface area (Å²) < 4.78 is 1.21. The van der Waals surface area contributed by atoms with Crippen molar-refractivity contribution < 1.29 is 9.90 Å². The van der Waals surface area contributed by atoms with Crippen LogP contribution in [0.15, 0.2) is 53.3 Å². The van der Waals surface area contributed by atoms with Gasteiger partial charge in [-0.3, -0.25) is 0 Å². The Labute approximate surface area is 172 Å². The Morgan fingerprint density at radius 1 is 1.25 bits per heavy atom. The maximum absolute atomic E-state index is 11.1. The number of thiophene rings is 1. The summed E-state index contributed by atoms with van der Waals surface area (Å²) in [4.78, 5) is 21.7. The van der Waals surface area contributed by atoms with Gasteiger partial charge in [-0.2, -0.15) is 0 Å². The molecule has 2 N–H and O–H groups in total. The second-order valence-corrected chi connectivity index (χ2v) is 8.19. The van der Waals surface area contributed by atoms with Crippen molar-refractivity contribution in [3.63, 3.8) is 0 Å². The lowest BCUT2D eigenvalue weighted by atomic mass is 10.1. The molecule has 0 aliphatic carbocycles. The van der Waals surface area contributed by atoms with Gasteiger partial charge in [-0.1, -0.05) is 13.0 Å². The van der Waals surface area contributed by atoms with E-state index in [-0.39, 0.29) is 5.56 Å². The van der Waals surface area contributed by atoms with Gasteiger partial charge in [0.25, 0.3) is 0 Å². The number of nitrogens with zero attached hydrogens (tertiary/aromatic N) is 2. The van der Waals surface area contributed by atoms with E-state index >= 15 is 0 Å². The van der Waals surface area contributed by atoms with Crippen molar-refractivity contribution in [3.05, 3.63) is 65.9 Å². The molecule has 0 unspecified atom stereocenters. The van der Waals surface area contributed by atoms with Gasteiger partial charge in [0.05, 0.1) is 14.6 Å². The molecule has 0 saturated heterocycles. The fraction of sp³-hybridized carbons (Fsp3) is 0.190. The number of nitrogens with one attached hydrogen (secondary N) is 1. The Morgan fingerprint density at radius 3 is 2.57 bits per heavy atom. The number of allylic oxidation sites excluding steroid dienone is 1. The lowest BCUT2D eigenvalue weighted by Gasteiger charge is -2.15. The average molecular weight is 412 g/mol. The third-order valence-corrected chi connectivity index (χ3v) is 6.34. The molecule has 28 heavy (non-hydrogen) atoms. The van der Waals surface area contributed by atoms with Crippen LogP contribution in [0.1, 0.15) is 28.5 Å². The number of hydrogen-bond donors (Lipinski definition) is 2. The largest absolute Gasteiger partial charge is 0.478 e. The first-order chi connectivity index (χ1) is 13.5. The number of carboxylic acids is 1. The molecule has 2 heterocycles. The molecule has 0 aliphatic heterocycles. The number of rotatable bonds is 8. The highest BCUT2D eigenvalue weighted by Gasteiger charge is 2.15. The first-order valence-electron chi connectivity index (χ1n) is 8.81. The first kappa shape index (κ1) is 20.1. The van der Waals surface area contributed by atoms with E-state index in [2.05, 4.69) is 31.1 Å². The Hall–Kier alpha value is -2.64. The second kappa shape index (κ2) is 9.03. The molecule has 0 spiro atoms. The number of aromatic nitrogens is 2. The maximum atomic E-state index is 11.1. The minimum absolute atomic E-state index is 0.248. The van der Waals surface area contributed by atoms with Crippen LogP contribution in [-0.2, 0) is 12.8 Å². The fourth-order valence-electron chi connectivity index (χ4n) is 2.78. The van der Waals surface area contributed by atoms with E-state index in [0.29, 0.717) is 12.2 Å². The minimum atomic E-state index is -0.946. The predicted molar refractivity (Wildman–Crippen MR) is 117 cm³/mol. The quantitative estimate of drug-likeness (QED) is 0.368. The highest BCUT2D eigenvalue weighted by atomic mass is 32.2. The van der Waals surface area contributed by atoms with E-state index < -0.39 is 5.97 Å². The van der Waals surface area contributed by atoms with Crippen molar-refractivity contribution in [2.24, 2.45) is 0 Å². The number of aryl methyl sites for hydroxylation is 1. The van der Waals surface area contributed by atoms with Gasteiger partial charge in [0, 0.05) is 16.9 Å². The molecule has 5 nitrogen and oxygen atoms in total. The molecule has 0 fully saturated rings. The first-order valence-corrected chi connectivity index (χ1v) is 10.8. The van der Waals surface area contributed by atoms with E-state index in [1.54, 1.807) is 47.4 Å². The van der Waals surface area contributed by atoms with Gasteiger partial charge >= 0.3 is 5.97 Å². The standard InChI is InChI=1S/C21H21N3O2S2/c1-4-6-15-16(5-2)23-20(17-11-12-18(27-3)28-17)24-19(15)22-14-9-7-13(8-10-14)21(25)26/h4,7-12H,1,5-6H2,2-3H3,(H,25,26)(H,22,23,24). The minimum Gasteiger partial charge on any atom is -0.478 e. The van der Waals surface area contributed by atoms with Gasteiger partial charge in [0.1, 0.15) is 5.82 Å². The number of aromatic carboxylic acids is 1. The zero-order chi connectivity index (χ0) is 20.1. The molecule has 0 atom stereocenters. The summed E-state index contributed by atoms with van der Waals surface area (Å²) in [5.74, 6) is 0.474. The van der Waals surface area contributed by atoms with E-state index in [1.807, 2.05) is 12.1 Å². The molecule has 0 amide bonds. The molecular formula is C21H21N3O2S2. The van der Waals surface area contributed by atoms with Gasteiger partial charge in [-0.25, -0.2) is 14.8 Å². The lowest BCUT2D eigenvalue weighted by Crippen LogP contribution is -2.07. The van der Waals surface area contributed by atoms with Crippen LogP contribution in [0.3, 0.4) is 0 Å². The van der Waals surface area contributed by atoms with Crippen LogP contribution in [0.2, 0.25) is 0 Å². The third-order valence-electron chi connectivity index (χ3n) is 4.17. The maximum Gasteiger partial charge on any atom is 0.335 e. The number of anilines is 2. The SMILES string of the molecule is C=CCc1c(CC)nc(-c2ccc(SC)s2)nc1Nc1ccc(C(=O)O)cc1. The molecule has 0 radical (unpaired) electrons. The molecule has 1 aromatic carbocycles. The molecule has 144 valence electrons. The Morgan fingerprint density at radius 2 is 2.00 bits per heavy atom. The molecule has 3 aromatic rings. The molecule has 3 rings (SSSR count). The van der Waals surface area contributed by atoms with Gasteiger partial charge in [0.15, 0.2) is 5.82 Å². The summed E-state index contributed by atoms with van der Waals surface area (Å²) in [6.45, 7) is 5.93. The Kier molecular flexibility index (Phi) is 6.49. The fourth-order valence-corrected chi connectivity index (χ4v) is 4.26. The van der Waals surface area contributed by atoms with Gasteiger partial charge in [-0.15, -0.1) is 29.7 Å². The average Bonchev–Trinajstić information content (AvgIpc) is 3.19. The Balaban J connectivity index is 2.04. The molecule has 7 heteroatoms. The van der Waals surface area contributed by atoms with Crippen molar-refractivity contribution in [2.45, 2.75) is 24.0 Å². The molecule has 0 saturated carbocycles. The van der Waals surface area contributed by atoms with Gasteiger partial charge in [0.2, 0.25) is 0 Å². The monoisotopic (exact) mass is 411 g/mol. The summed E-state index contributed by atoms with van der Waals surface area (Å²) >= 11 is 3.37. The van der Waals surface area contributed by atoms with Crippen LogP contribution < -0.4 is 5.32 Å². The second-order valence-electron chi connectivity index (χ2n) is 6.00. The van der Waals surface area contributed by atoms with Crippen molar-refractivity contribution in [2.75, 3.05) is 11.6 Å². The summed E-state index contributed by atoms with van der Waals surface area (Å²) in [5, 5.41) is 12.4. The zero-order valence-corrected chi connectivity index (χ0v) is 17.4. The van der Waals surface area contributed by atoms with Crippen LogP contribution in [-0.4, -0.2) is 27.3 Å². The highest BCUT2D eigenvalue weighted by Crippen LogP contribution is 2.33. The van der Waals surface area contributed by atoms with Crippen molar-refractivity contribution in [1.82, 2.24) is 9.97 Å². The van der Waals surface area contributed by atoms with Gasteiger partial charge < -0.3 is 10.4 Å². The van der Waals surface area contributed by atoms with E-state index in [0.717, 1.165) is 34.1 Å². The molecule has 2 aromatic heterocycles.